The van der Waals surface area contributed by atoms with Crippen molar-refractivity contribution in [2.45, 2.75) is 39.7 Å². The quantitative estimate of drug-likeness (QED) is 0.633. The molecule has 0 spiro atoms. The van der Waals surface area contributed by atoms with Gasteiger partial charge in [-0.15, -0.1) is 0 Å². The van der Waals surface area contributed by atoms with E-state index < -0.39 is 0 Å². The minimum Gasteiger partial charge on any atom is -0.493 e. The summed E-state index contributed by atoms with van der Waals surface area (Å²) in [6.45, 7) is 7.45. The number of nitrogens with zero attached hydrogens (tertiary/aromatic N) is 1. The molecule has 1 aliphatic heterocycles. The summed E-state index contributed by atoms with van der Waals surface area (Å²) in [5.41, 5.74) is 2.06. The van der Waals surface area contributed by atoms with Crippen LogP contribution in [-0.2, 0) is 17.8 Å². The molecule has 3 rings (SSSR count). The first-order valence-corrected chi connectivity index (χ1v) is 11.3. The number of ether oxygens (including phenoxy) is 1. The molecule has 1 saturated heterocycles. The number of amides is 1. The Labute approximate surface area is 185 Å². The Kier molecular flexibility index (Phi) is 8.47. The van der Waals surface area contributed by atoms with E-state index in [9.17, 15) is 9.18 Å². The molecule has 2 aromatic carbocycles. The van der Waals surface area contributed by atoms with Gasteiger partial charge in [0.25, 0.3) is 0 Å². The van der Waals surface area contributed by atoms with Gasteiger partial charge in [-0.2, -0.15) is 0 Å². The van der Waals surface area contributed by atoms with Crippen LogP contribution in [0, 0.1) is 23.6 Å². The third kappa shape index (κ3) is 7.35. The van der Waals surface area contributed by atoms with Gasteiger partial charge in [0.05, 0.1) is 6.61 Å². The lowest BCUT2D eigenvalue weighted by Gasteiger charge is -2.34. The summed E-state index contributed by atoms with van der Waals surface area (Å²) < 4.78 is 19.0. The zero-order chi connectivity index (χ0) is 22.2. The zero-order valence-electron chi connectivity index (χ0n) is 18.9. The number of hydrogen-bond donors (Lipinski definition) is 1. The maximum absolute atomic E-state index is 13.3. The SMILES string of the molecule is CC(C)COc1ccc(CNC(=O)[C@@H](Cc2ccc(F)cc2)C2CCN(C)CC2)cc1. The Morgan fingerprint density at radius 2 is 1.68 bits per heavy atom. The second-order valence-electron chi connectivity index (χ2n) is 9.14. The maximum atomic E-state index is 13.3. The molecule has 1 fully saturated rings. The van der Waals surface area contributed by atoms with Crippen molar-refractivity contribution in [2.75, 3.05) is 26.7 Å². The summed E-state index contributed by atoms with van der Waals surface area (Å²) >= 11 is 0. The fourth-order valence-electron chi connectivity index (χ4n) is 4.07. The van der Waals surface area contributed by atoms with Crippen LogP contribution in [0.5, 0.6) is 5.75 Å². The van der Waals surface area contributed by atoms with Crippen LogP contribution < -0.4 is 10.1 Å². The number of carbonyl (C=O) groups is 1. The average molecular weight is 427 g/mol. The van der Waals surface area contributed by atoms with E-state index >= 15 is 0 Å². The minimum atomic E-state index is -0.245. The number of nitrogens with one attached hydrogen (secondary N) is 1. The minimum absolute atomic E-state index is 0.0824. The molecule has 0 unspecified atom stereocenters. The first kappa shape index (κ1) is 23.3. The van der Waals surface area contributed by atoms with E-state index in [1.807, 2.05) is 24.3 Å². The van der Waals surface area contributed by atoms with Crippen molar-refractivity contribution < 1.29 is 13.9 Å². The molecular weight excluding hydrogens is 391 g/mol. The van der Waals surface area contributed by atoms with Gasteiger partial charge in [-0.1, -0.05) is 38.1 Å². The van der Waals surface area contributed by atoms with Crippen molar-refractivity contribution >= 4 is 5.91 Å². The summed E-state index contributed by atoms with van der Waals surface area (Å²) in [4.78, 5) is 15.5. The van der Waals surface area contributed by atoms with E-state index in [0.29, 0.717) is 31.4 Å². The molecule has 0 radical (unpaired) electrons. The third-order valence-electron chi connectivity index (χ3n) is 6.01. The summed E-state index contributed by atoms with van der Waals surface area (Å²) in [5.74, 6) is 1.41. The van der Waals surface area contributed by atoms with Gasteiger partial charge in [0.1, 0.15) is 11.6 Å². The Morgan fingerprint density at radius 1 is 1.06 bits per heavy atom. The van der Waals surface area contributed by atoms with Gasteiger partial charge in [0.15, 0.2) is 0 Å². The molecule has 168 valence electrons. The largest absolute Gasteiger partial charge is 0.493 e. The van der Waals surface area contributed by atoms with Crippen LogP contribution in [0.2, 0.25) is 0 Å². The topological polar surface area (TPSA) is 41.6 Å². The molecule has 1 amide bonds. The molecule has 0 aliphatic carbocycles. The summed E-state index contributed by atoms with van der Waals surface area (Å²) in [6, 6.07) is 14.4. The van der Waals surface area contributed by atoms with Crippen molar-refractivity contribution in [2.24, 2.45) is 17.8 Å². The summed E-state index contributed by atoms with van der Waals surface area (Å²) in [7, 11) is 2.12. The number of hydrogen-bond acceptors (Lipinski definition) is 3. The molecular formula is C26H35FN2O2. The van der Waals surface area contributed by atoms with Crippen molar-refractivity contribution in [3.05, 3.63) is 65.5 Å². The van der Waals surface area contributed by atoms with Gasteiger partial charge in [-0.25, -0.2) is 4.39 Å². The van der Waals surface area contributed by atoms with Gasteiger partial charge in [-0.3, -0.25) is 4.79 Å². The zero-order valence-corrected chi connectivity index (χ0v) is 18.9. The van der Waals surface area contributed by atoms with Crippen LogP contribution in [0.1, 0.15) is 37.8 Å². The van der Waals surface area contributed by atoms with E-state index in [1.165, 1.54) is 12.1 Å². The van der Waals surface area contributed by atoms with Crippen LogP contribution in [0.25, 0.3) is 0 Å². The molecule has 1 atom stereocenters. The molecule has 1 N–H and O–H groups in total. The highest BCUT2D eigenvalue weighted by Crippen LogP contribution is 2.28. The van der Waals surface area contributed by atoms with Crippen LogP contribution in [0.15, 0.2) is 48.5 Å². The Morgan fingerprint density at radius 3 is 2.29 bits per heavy atom. The van der Waals surface area contributed by atoms with Gasteiger partial charge < -0.3 is 15.0 Å². The molecule has 1 aliphatic rings. The van der Waals surface area contributed by atoms with E-state index in [1.54, 1.807) is 12.1 Å². The normalized spacial score (nSPS) is 16.3. The highest BCUT2D eigenvalue weighted by atomic mass is 19.1. The maximum Gasteiger partial charge on any atom is 0.223 e. The van der Waals surface area contributed by atoms with Crippen LogP contribution in [0.3, 0.4) is 0 Å². The molecule has 0 bridgehead atoms. The third-order valence-corrected chi connectivity index (χ3v) is 6.01. The van der Waals surface area contributed by atoms with Crippen LogP contribution in [-0.4, -0.2) is 37.6 Å². The fourth-order valence-corrected chi connectivity index (χ4v) is 4.07. The number of halogens is 1. The van der Waals surface area contributed by atoms with Crippen molar-refractivity contribution in [3.8, 4) is 5.75 Å². The Balaban J connectivity index is 1.61. The van der Waals surface area contributed by atoms with Crippen molar-refractivity contribution in [1.29, 1.82) is 0 Å². The van der Waals surface area contributed by atoms with E-state index in [2.05, 4.69) is 31.1 Å². The second-order valence-corrected chi connectivity index (χ2v) is 9.14. The van der Waals surface area contributed by atoms with Gasteiger partial charge in [-0.05, 0) is 86.6 Å². The molecule has 0 aromatic heterocycles. The number of carbonyl (C=O) groups excluding carboxylic acids is 1. The van der Waals surface area contributed by atoms with Crippen LogP contribution >= 0.6 is 0 Å². The molecule has 1 heterocycles. The monoisotopic (exact) mass is 426 g/mol. The fraction of sp³-hybridized carbons (Fsp3) is 0.500. The first-order valence-electron chi connectivity index (χ1n) is 11.3. The second kappa shape index (κ2) is 11.3. The predicted octanol–water partition coefficient (Wildman–Crippen LogP) is 4.68. The number of piperidine rings is 1. The Hall–Kier alpha value is -2.40. The van der Waals surface area contributed by atoms with E-state index in [4.69, 9.17) is 4.74 Å². The number of likely N-dealkylation sites (tertiary alicyclic amines) is 1. The smallest absolute Gasteiger partial charge is 0.223 e. The molecule has 31 heavy (non-hydrogen) atoms. The van der Waals surface area contributed by atoms with E-state index in [-0.39, 0.29) is 17.6 Å². The van der Waals surface area contributed by atoms with E-state index in [0.717, 1.165) is 42.8 Å². The predicted molar refractivity (Wildman–Crippen MR) is 122 cm³/mol. The Bertz CT molecular complexity index is 812. The van der Waals surface area contributed by atoms with Gasteiger partial charge >= 0.3 is 0 Å². The van der Waals surface area contributed by atoms with Crippen molar-refractivity contribution in [1.82, 2.24) is 10.2 Å². The first-order chi connectivity index (χ1) is 14.9. The standard InChI is InChI=1S/C26H35FN2O2/c1-19(2)18-31-24-10-6-21(7-11-24)17-28-26(30)25(22-12-14-29(3)15-13-22)16-20-4-8-23(27)9-5-20/h4-11,19,22,25H,12-18H2,1-3H3,(H,28,30)/t25-/m0/s1. The average Bonchev–Trinajstić information content (AvgIpc) is 2.77. The lowest BCUT2D eigenvalue weighted by molar-refractivity contribution is -0.127. The van der Waals surface area contributed by atoms with Crippen LogP contribution in [0.4, 0.5) is 4.39 Å². The lowest BCUT2D eigenvalue weighted by Crippen LogP contribution is -2.41. The highest BCUT2D eigenvalue weighted by Gasteiger charge is 2.30. The number of rotatable bonds is 9. The van der Waals surface area contributed by atoms with Crippen molar-refractivity contribution in [3.63, 3.8) is 0 Å². The molecule has 5 heteroatoms. The molecule has 4 nitrogen and oxygen atoms in total. The number of benzene rings is 2. The summed E-state index contributed by atoms with van der Waals surface area (Å²) in [6.07, 6.45) is 2.66. The van der Waals surface area contributed by atoms with Gasteiger partial charge in [0.2, 0.25) is 5.91 Å². The summed E-state index contributed by atoms with van der Waals surface area (Å²) in [5, 5.41) is 3.14. The molecule has 2 aromatic rings. The highest BCUT2D eigenvalue weighted by molar-refractivity contribution is 5.79. The molecule has 0 saturated carbocycles. The lowest BCUT2D eigenvalue weighted by atomic mass is 9.80. The van der Waals surface area contributed by atoms with Gasteiger partial charge in [0, 0.05) is 12.5 Å².